The average Bonchev–Trinajstić information content (AvgIpc) is 3.98. The SMILES string of the molecule is CCCCCC1OC1C/C=C\CCCCCCCC(=O)O[C@H](COC(=O)CCCCCCCCCCCCCCC(C)C)COP(=O)(O)OP(=O)(O)OC[C@H]1O[C@@H](n2ccc(N)nc2=O)[C@H](O)[C@@H]1O. The van der Waals surface area contributed by atoms with Crippen LogP contribution in [0.1, 0.15) is 194 Å². The molecule has 2 saturated heterocycles. The second-order valence-electron chi connectivity index (χ2n) is 18.9. The molecule has 0 amide bonds. The van der Waals surface area contributed by atoms with E-state index in [2.05, 4.69) is 42.2 Å². The summed E-state index contributed by atoms with van der Waals surface area (Å²) in [4.78, 5) is 61.9. The van der Waals surface area contributed by atoms with Crippen molar-refractivity contribution in [1.82, 2.24) is 9.55 Å². The van der Waals surface area contributed by atoms with Crippen LogP contribution in [0, 0.1) is 5.92 Å². The fourth-order valence-corrected chi connectivity index (χ4v) is 10.2. The number of ether oxygens (including phenoxy) is 4. The average molecular weight is 1020 g/mol. The third kappa shape index (κ3) is 27.2. The van der Waals surface area contributed by atoms with E-state index in [1.165, 1.54) is 76.7 Å². The van der Waals surface area contributed by atoms with Gasteiger partial charge in [-0.2, -0.15) is 9.29 Å². The Bertz CT molecular complexity index is 1790. The van der Waals surface area contributed by atoms with Crippen molar-refractivity contribution in [1.29, 1.82) is 0 Å². The fourth-order valence-electron chi connectivity index (χ4n) is 8.09. The maximum Gasteiger partial charge on any atom is 0.481 e. The van der Waals surface area contributed by atoms with Crippen molar-refractivity contribution < 1.29 is 71.0 Å². The van der Waals surface area contributed by atoms with Crippen molar-refractivity contribution in [2.24, 2.45) is 5.92 Å². The number of nitrogen functional groups attached to an aromatic ring is 1. The van der Waals surface area contributed by atoms with E-state index in [0.29, 0.717) is 25.0 Å². The largest absolute Gasteiger partial charge is 0.481 e. The number of phosphoric acid groups is 2. The Morgan fingerprint density at radius 3 is 1.97 bits per heavy atom. The third-order valence-electron chi connectivity index (χ3n) is 12.2. The highest BCUT2D eigenvalue weighted by Gasteiger charge is 2.46. The molecule has 2 aliphatic heterocycles. The summed E-state index contributed by atoms with van der Waals surface area (Å²) in [6.07, 6.45) is 24.7. The van der Waals surface area contributed by atoms with Gasteiger partial charge in [-0.25, -0.2) is 13.9 Å². The topological polar surface area (TPSA) is 278 Å². The van der Waals surface area contributed by atoms with E-state index in [4.69, 9.17) is 33.7 Å². The molecule has 0 aliphatic carbocycles. The van der Waals surface area contributed by atoms with Gasteiger partial charge in [-0.1, -0.05) is 148 Å². The highest BCUT2D eigenvalue weighted by molar-refractivity contribution is 7.61. The number of epoxide rings is 1. The molecule has 398 valence electrons. The summed E-state index contributed by atoms with van der Waals surface area (Å²) in [5.41, 5.74) is 4.59. The fraction of sp³-hybridized carbons (Fsp3) is 0.833. The Hall–Kier alpha value is -2.54. The molecular weight excluding hydrogens is 936 g/mol. The van der Waals surface area contributed by atoms with Crippen molar-refractivity contribution in [2.45, 2.75) is 231 Å². The third-order valence-corrected chi connectivity index (χ3v) is 14.8. The highest BCUT2D eigenvalue weighted by atomic mass is 31.3. The van der Waals surface area contributed by atoms with Crippen LogP contribution >= 0.6 is 15.6 Å². The molecule has 0 radical (unpaired) electrons. The predicted molar refractivity (Wildman–Crippen MR) is 261 cm³/mol. The minimum absolute atomic E-state index is 0.0324. The van der Waals surface area contributed by atoms with Crippen LogP contribution in [0.15, 0.2) is 29.2 Å². The van der Waals surface area contributed by atoms with Gasteiger partial charge in [0.2, 0.25) is 0 Å². The number of aromatic nitrogens is 2. The Morgan fingerprint density at radius 2 is 1.35 bits per heavy atom. The van der Waals surface area contributed by atoms with Crippen molar-refractivity contribution in [3.63, 3.8) is 0 Å². The first-order chi connectivity index (χ1) is 33.0. The molecule has 9 atom stereocenters. The van der Waals surface area contributed by atoms with E-state index in [0.717, 1.165) is 87.3 Å². The second-order valence-corrected chi connectivity index (χ2v) is 21.9. The number of carbonyl (C=O) groups excluding carboxylic acids is 2. The van der Waals surface area contributed by atoms with Gasteiger partial charge in [-0.05, 0) is 50.5 Å². The predicted octanol–water partition coefficient (Wildman–Crippen LogP) is 9.29. The van der Waals surface area contributed by atoms with Crippen LogP contribution in [-0.2, 0) is 51.0 Å². The van der Waals surface area contributed by atoms with E-state index in [1.54, 1.807) is 0 Å². The van der Waals surface area contributed by atoms with Gasteiger partial charge in [-0.3, -0.25) is 23.2 Å². The Balaban J connectivity index is 1.39. The van der Waals surface area contributed by atoms with E-state index in [1.807, 2.05) is 0 Å². The van der Waals surface area contributed by atoms with Crippen LogP contribution in [0.3, 0.4) is 0 Å². The second kappa shape index (κ2) is 34.0. The first kappa shape index (κ1) is 60.8. The number of hydrogen-bond donors (Lipinski definition) is 5. The Morgan fingerprint density at radius 1 is 0.754 bits per heavy atom. The zero-order chi connectivity index (χ0) is 50.5. The number of nitrogens with zero attached hydrogens (tertiary/aromatic N) is 2. The van der Waals surface area contributed by atoms with Gasteiger partial charge in [0, 0.05) is 19.0 Å². The van der Waals surface area contributed by atoms with Crippen molar-refractivity contribution in [3.8, 4) is 0 Å². The molecule has 2 aliphatic rings. The molecule has 4 unspecified atom stereocenters. The molecule has 1 aromatic rings. The molecule has 69 heavy (non-hydrogen) atoms. The van der Waals surface area contributed by atoms with Gasteiger partial charge in [-0.15, -0.1) is 0 Å². The van der Waals surface area contributed by atoms with E-state index in [-0.39, 0.29) is 18.7 Å². The Kier molecular flexibility index (Phi) is 29.9. The van der Waals surface area contributed by atoms with E-state index < -0.39 is 83.7 Å². The summed E-state index contributed by atoms with van der Waals surface area (Å²) < 4.78 is 62.6. The summed E-state index contributed by atoms with van der Waals surface area (Å²) >= 11 is 0. The van der Waals surface area contributed by atoms with Crippen LogP contribution < -0.4 is 11.4 Å². The molecule has 0 spiro atoms. The summed E-state index contributed by atoms with van der Waals surface area (Å²) in [5, 5.41) is 20.9. The van der Waals surface area contributed by atoms with Crippen LogP contribution in [-0.4, -0.2) is 97.9 Å². The van der Waals surface area contributed by atoms with E-state index in [9.17, 15) is 43.5 Å². The molecule has 6 N–H and O–H groups in total. The number of anilines is 1. The smallest absolute Gasteiger partial charge is 0.462 e. The van der Waals surface area contributed by atoms with Crippen molar-refractivity contribution in [3.05, 3.63) is 34.9 Å². The van der Waals surface area contributed by atoms with Crippen molar-refractivity contribution in [2.75, 3.05) is 25.6 Å². The lowest BCUT2D eigenvalue weighted by molar-refractivity contribution is -0.161. The normalized spacial score (nSPS) is 22.4. The number of hydrogen-bond acceptors (Lipinski definition) is 16. The maximum absolute atomic E-state index is 12.9. The number of phosphoric ester groups is 2. The van der Waals surface area contributed by atoms with Gasteiger partial charge in [0.1, 0.15) is 30.7 Å². The molecule has 3 rings (SSSR count). The minimum Gasteiger partial charge on any atom is -0.462 e. The summed E-state index contributed by atoms with van der Waals surface area (Å²) in [6, 6.07) is 1.25. The molecule has 1 aromatic heterocycles. The van der Waals surface area contributed by atoms with E-state index >= 15 is 0 Å². The summed E-state index contributed by atoms with van der Waals surface area (Å²) in [5.74, 6) is -0.531. The highest BCUT2D eigenvalue weighted by Crippen LogP contribution is 2.60. The number of aliphatic hydroxyl groups is 2. The van der Waals surface area contributed by atoms with Crippen LogP contribution in [0.25, 0.3) is 0 Å². The summed E-state index contributed by atoms with van der Waals surface area (Å²) in [7, 11) is -10.8. The number of nitrogens with two attached hydrogens (primary N) is 1. The Labute approximate surface area is 409 Å². The number of unbranched alkanes of at least 4 members (excludes halogenated alkanes) is 18. The lowest BCUT2D eigenvalue weighted by Gasteiger charge is -2.21. The molecule has 0 aromatic carbocycles. The quantitative estimate of drug-likeness (QED) is 0.0134. The lowest BCUT2D eigenvalue weighted by Crippen LogP contribution is -2.36. The minimum atomic E-state index is -5.43. The molecule has 19 nitrogen and oxygen atoms in total. The maximum atomic E-state index is 12.9. The lowest BCUT2D eigenvalue weighted by atomic mass is 10.0. The van der Waals surface area contributed by atoms with Crippen molar-refractivity contribution >= 4 is 33.4 Å². The van der Waals surface area contributed by atoms with Gasteiger partial charge >= 0.3 is 33.3 Å². The van der Waals surface area contributed by atoms with Gasteiger partial charge in [0.25, 0.3) is 0 Å². The van der Waals surface area contributed by atoms with Gasteiger partial charge in [0.05, 0.1) is 25.4 Å². The standard InChI is InChI=1S/C48H85N3O16P2/c1-4-5-22-28-39-40(65-39)29-24-19-15-12-13-17-21-26-31-44(53)64-38(34-61-43(52)30-25-20-16-11-9-7-6-8-10-14-18-23-27-37(2)3)35-62-68(57,58)67-69(59,60)63-36-41-45(54)46(55)47(66-41)51-33-32-42(49)50-48(51)56/h19,24,32-33,37-41,45-47,54-55H,4-18,20-23,25-31,34-36H2,1-3H3,(H,57,58)(H,59,60)(H2,49,50,56)/b24-19-/t38-,39?,40?,41-,45-,46-,47-/m1/s1. The molecular formula is C48H85N3O16P2. The number of esters is 2. The number of allylic oxidation sites excluding steroid dienone is 1. The number of carbonyl (C=O) groups is 2. The molecule has 0 bridgehead atoms. The molecule has 3 heterocycles. The zero-order valence-electron chi connectivity index (χ0n) is 41.5. The zero-order valence-corrected chi connectivity index (χ0v) is 43.3. The first-order valence-corrected chi connectivity index (χ1v) is 28.7. The first-order valence-electron chi connectivity index (χ1n) is 25.7. The molecule has 0 saturated carbocycles. The molecule has 2 fully saturated rings. The monoisotopic (exact) mass is 1020 g/mol. The van der Waals surface area contributed by atoms with Gasteiger partial charge in [0.15, 0.2) is 12.3 Å². The van der Waals surface area contributed by atoms with Gasteiger partial charge < -0.3 is 44.7 Å². The van der Waals surface area contributed by atoms with Crippen LogP contribution in [0.5, 0.6) is 0 Å². The molecule has 21 heteroatoms. The number of rotatable bonds is 41. The van der Waals surface area contributed by atoms with Crippen LogP contribution in [0.2, 0.25) is 0 Å². The summed E-state index contributed by atoms with van der Waals surface area (Å²) in [6.45, 7) is 4.43. The van der Waals surface area contributed by atoms with Crippen LogP contribution in [0.4, 0.5) is 5.82 Å². The number of aliphatic hydroxyl groups excluding tert-OH is 2.